The number of phenolic OH excluding ortho intramolecular Hbond substituents is 1. The van der Waals surface area contributed by atoms with Gasteiger partial charge in [-0.1, -0.05) is 18.9 Å². The fourth-order valence-corrected chi connectivity index (χ4v) is 3.42. The maximum atomic E-state index is 12.2. The minimum Gasteiger partial charge on any atom is -0.508 e. The van der Waals surface area contributed by atoms with E-state index >= 15 is 0 Å². The zero-order valence-electron chi connectivity index (χ0n) is 12.9. The van der Waals surface area contributed by atoms with Crippen LogP contribution in [-0.2, 0) is 4.79 Å². The number of carbonyl (C=O) groups excluding carboxylic acids is 1. The van der Waals surface area contributed by atoms with Crippen LogP contribution in [0, 0.1) is 0 Å². The summed E-state index contributed by atoms with van der Waals surface area (Å²) in [6.07, 6.45) is 5.33. The predicted octanol–water partition coefficient (Wildman–Crippen LogP) is 1.86. The molecule has 1 heterocycles. The normalized spacial score (nSPS) is 20.3. The van der Waals surface area contributed by atoms with E-state index in [1.54, 1.807) is 18.2 Å². The summed E-state index contributed by atoms with van der Waals surface area (Å²) >= 11 is 0. The number of phenols is 1. The molecular formula is C17H24N2O3. The van der Waals surface area contributed by atoms with Crippen LogP contribution in [-0.4, -0.2) is 59.6 Å². The number of hydrogen-bond acceptors (Lipinski definition) is 4. The summed E-state index contributed by atoms with van der Waals surface area (Å²) in [5, 5.41) is 9.38. The molecular weight excluding hydrogens is 280 g/mol. The van der Waals surface area contributed by atoms with Gasteiger partial charge in [-0.2, -0.15) is 0 Å². The first-order chi connectivity index (χ1) is 10.7. The second-order valence-corrected chi connectivity index (χ2v) is 6.14. The van der Waals surface area contributed by atoms with Gasteiger partial charge in [0.1, 0.15) is 11.5 Å². The van der Waals surface area contributed by atoms with E-state index in [1.807, 2.05) is 4.90 Å². The molecule has 1 aliphatic carbocycles. The number of carbonyl (C=O) groups is 1. The van der Waals surface area contributed by atoms with Crippen LogP contribution < -0.4 is 4.74 Å². The molecule has 1 amide bonds. The van der Waals surface area contributed by atoms with Crippen LogP contribution in [0.5, 0.6) is 11.5 Å². The van der Waals surface area contributed by atoms with Crippen molar-refractivity contribution in [3.8, 4) is 11.5 Å². The second-order valence-electron chi connectivity index (χ2n) is 6.14. The molecule has 0 spiro atoms. The zero-order valence-corrected chi connectivity index (χ0v) is 12.9. The highest BCUT2D eigenvalue weighted by Crippen LogP contribution is 2.24. The van der Waals surface area contributed by atoms with E-state index in [0.717, 1.165) is 32.2 Å². The molecule has 1 N–H and O–H groups in total. The third-order valence-electron chi connectivity index (χ3n) is 4.69. The Balaban J connectivity index is 1.43. The van der Waals surface area contributed by atoms with Gasteiger partial charge in [-0.25, -0.2) is 0 Å². The van der Waals surface area contributed by atoms with Crippen LogP contribution in [0.3, 0.4) is 0 Å². The summed E-state index contributed by atoms with van der Waals surface area (Å²) in [4.78, 5) is 16.6. The molecule has 0 atom stereocenters. The first kappa shape index (κ1) is 15.2. The summed E-state index contributed by atoms with van der Waals surface area (Å²) in [6.45, 7) is 3.56. The Morgan fingerprint density at radius 1 is 1.18 bits per heavy atom. The number of benzene rings is 1. The predicted molar refractivity (Wildman–Crippen MR) is 84.0 cm³/mol. The molecule has 0 bridgehead atoms. The molecule has 3 rings (SSSR count). The van der Waals surface area contributed by atoms with Crippen molar-refractivity contribution < 1.29 is 14.6 Å². The highest BCUT2D eigenvalue weighted by Gasteiger charge is 2.27. The minimum atomic E-state index is 0.0226. The number of nitrogens with zero attached hydrogens (tertiary/aromatic N) is 2. The lowest BCUT2D eigenvalue weighted by Crippen LogP contribution is -2.52. The van der Waals surface area contributed by atoms with Crippen LogP contribution >= 0.6 is 0 Å². The molecule has 1 saturated carbocycles. The standard InChI is InChI=1S/C17H24N2O3/c20-15-6-3-7-16(12-15)22-13-17(21)19-10-8-18(9-11-19)14-4-1-2-5-14/h3,6-7,12,14,20H,1-2,4-5,8-11,13H2. The largest absolute Gasteiger partial charge is 0.508 e. The highest BCUT2D eigenvalue weighted by molar-refractivity contribution is 5.77. The molecule has 2 aliphatic rings. The molecule has 0 unspecified atom stereocenters. The van der Waals surface area contributed by atoms with Crippen molar-refractivity contribution in [1.29, 1.82) is 0 Å². The van der Waals surface area contributed by atoms with Crippen LogP contribution in [0.25, 0.3) is 0 Å². The molecule has 5 nitrogen and oxygen atoms in total. The van der Waals surface area contributed by atoms with Crippen LogP contribution in [0.1, 0.15) is 25.7 Å². The number of aromatic hydroxyl groups is 1. The Morgan fingerprint density at radius 2 is 1.91 bits per heavy atom. The van der Waals surface area contributed by atoms with E-state index in [4.69, 9.17) is 4.74 Å². The van der Waals surface area contributed by atoms with Gasteiger partial charge in [0.25, 0.3) is 5.91 Å². The first-order valence-corrected chi connectivity index (χ1v) is 8.16. The minimum absolute atomic E-state index is 0.0226. The molecule has 5 heteroatoms. The van der Waals surface area contributed by atoms with Gasteiger partial charge in [0, 0.05) is 38.3 Å². The lowest BCUT2D eigenvalue weighted by Gasteiger charge is -2.38. The number of amides is 1. The van der Waals surface area contributed by atoms with Gasteiger partial charge in [-0.05, 0) is 25.0 Å². The average Bonchev–Trinajstić information content (AvgIpc) is 3.07. The smallest absolute Gasteiger partial charge is 0.260 e. The second kappa shape index (κ2) is 7.01. The Labute approximate surface area is 131 Å². The zero-order chi connectivity index (χ0) is 15.4. The van der Waals surface area contributed by atoms with E-state index in [-0.39, 0.29) is 18.3 Å². The summed E-state index contributed by atoms with van der Waals surface area (Å²) in [5.41, 5.74) is 0. The van der Waals surface area contributed by atoms with Crippen molar-refractivity contribution in [1.82, 2.24) is 9.80 Å². The summed E-state index contributed by atoms with van der Waals surface area (Å²) < 4.78 is 5.46. The summed E-state index contributed by atoms with van der Waals surface area (Å²) in [6, 6.07) is 7.28. The highest BCUT2D eigenvalue weighted by atomic mass is 16.5. The fraction of sp³-hybridized carbons (Fsp3) is 0.588. The van der Waals surface area contributed by atoms with Gasteiger partial charge >= 0.3 is 0 Å². The number of rotatable bonds is 4. The Bertz CT molecular complexity index is 506. The molecule has 120 valence electrons. The van der Waals surface area contributed by atoms with Gasteiger partial charge in [0.15, 0.2) is 6.61 Å². The maximum absolute atomic E-state index is 12.2. The SMILES string of the molecule is O=C(COc1cccc(O)c1)N1CCN(C2CCCC2)CC1. The van der Waals surface area contributed by atoms with Crippen molar-refractivity contribution in [2.24, 2.45) is 0 Å². The molecule has 1 aromatic carbocycles. The third-order valence-corrected chi connectivity index (χ3v) is 4.69. The lowest BCUT2D eigenvalue weighted by atomic mass is 10.2. The number of piperazine rings is 1. The molecule has 1 aromatic rings. The Hall–Kier alpha value is -1.75. The van der Waals surface area contributed by atoms with Crippen molar-refractivity contribution in [2.45, 2.75) is 31.7 Å². The van der Waals surface area contributed by atoms with Gasteiger partial charge in [0.2, 0.25) is 0 Å². The quantitative estimate of drug-likeness (QED) is 0.922. The van der Waals surface area contributed by atoms with E-state index in [9.17, 15) is 9.90 Å². The van der Waals surface area contributed by atoms with Crippen molar-refractivity contribution in [3.05, 3.63) is 24.3 Å². The Kier molecular flexibility index (Phi) is 4.83. The summed E-state index contributed by atoms with van der Waals surface area (Å²) in [5.74, 6) is 0.697. The van der Waals surface area contributed by atoms with E-state index < -0.39 is 0 Å². The fourth-order valence-electron chi connectivity index (χ4n) is 3.42. The van der Waals surface area contributed by atoms with Gasteiger partial charge in [-0.3, -0.25) is 9.69 Å². The van der Waals surface area contributed by atoms with Crippen LogP contribution in [0.15, 0.2) is 24.3 Å². The molecule has 0 aromatic heterocycles. The summed E-state index contributed by atoms with van der Waals surface area (Å²) in [7, 11) is 0. The number of ether oxygens (including phenoxy) is 1. The van der Waals surface area contributed by atoms with Crippen LogP contribution in [0.4, 0.5) is 0 Å². The van der Waals surface area contributed by atoms with Crippen LogP contribution in [0.2, 0.25) is 0 Å². The lowest BCUT2D eigenvalue weighted by molar-refractivity contribution is -0.135. The van der Waals surface area contributed by atoms with Crippen molar-refractivity contribution in [3.63, 3.8) is 0 Å². The molecule has 2 fully saturated rings. The monoisotopic (exact) mass is 304 g/mol. The maximum Gasteiger partial charge on any atom is 0.260 e. The topological polar surface area (TPSA) is 53.0 Å². The van der Waals surface area contributed by atoms with Crippen molar-refractivity contribution >= 4 is 5.91 Å². The van der Waals surface area contributed by atoms with E-state index in [0.29, 0.717) is 5.75 Å². The van der Waals surface area contributed by atoms with Gasteiger partial charge < -0.3 is 14.7 Å². The van der Waals surface area contributed by atoms with Crippen molar-refractivity contribution in [2.75, 3.05) is 32.8 Å². The van der Waals surface area contributed by atoms with E-state index in [2.05, 4.69) is 4.90 Å². The van der Waals surface area contributed by atoms with Gasteiger partial charge in [-0.15, -0.1) is 0 Å². The first-order valence-electron chi connectivity index (χ1n) is 8.16. The average molecular weight is 304 g/mol. The Morgan fingerprint density at radius 3 is 2.59 bits per heavy atom. The number of hydrogen-bond donors (Lipinski definition) is 1. The molecule has 0 radical (unpaired) electrons. The molecule has 1 saturated heterocycles. The third kappa shape index (κ3) is 3.71. The van der Waals surface area contributed by atoms with E-state index in [1.165, 1.54) is 31.7 Å². The van der Waals surface area contributed by atoms with Gasteiger partial charge in [0.05, 0.1) is 0 Å². The molecule has 1 aliphatic heterocycles. The molecule has 22 heavy (non-hydrogen) atoms.